The third-order valence-corrected chi connectivity index (χ3v) is 11.3. The molecule has 0 atom stereocenters. The molecule has 0 aliphatic heterocycles. The quantitative estimate of drug-likeness (QED) is 0.175. The first-order valence-corrected chi connectivity index (χ1v) is 14.8. The van der Waals surface area contributed by atoms with Crippen LogP contribution in [0.5, 0.6) is 0 Å². The summed E-state index contributed by atoms with van der Waals surface area (Å²) in [4.78, 5) is 13.6. The third kappa shape index (κ3) is 6.29. The number of carbonyl (C=O) groups is 1. The number of benzene rings is 4. The van der Waals surface area contributed by atoms with E-state index in [1.165, 1.54) is 15.9 Å². The maximum Gasteiger partial charge on any atom is 0.258 e. The number of rotatable bonds is 9. The first-order chi connectivity index (χ1) is 17.2. The van der Waals surface area contributed by atoms with Crippen LogP contribution in [0.4, 0.5) is 0 Å². The molecule has 4 aromatic rings. The molecule has 0 aliphatic carbocycles. The normalized spacial score (nSPS) is 11.4. The summed E-state index contributed by atoms with van der Waals surface area (Å²) in [5.74, 6) is 0.906. The van der Waals surface area contributed by atoms with Crippen molar-refractivity contribution in [2.24, 2.45) is 0 Å². The van der Waals surface area contributed by atoms with Gasteiger partial charge in [0.05, 0.1) is 0 Å². The Kier molecular flexibility index (Phi) is 10.8. The van der Waals surface area contributed by atoms with Gasteiger partial charge in [-0.15, -0.1) is 11.8 Å². The van der Waals surface area contributed by atoms with Crippen molar-refractivity contribution < 1.29 is 28.8 Å². The number of halogens is 1. The van der Waals surface area contributed by atoms with Crippen LogP contribution < -0.4 is 45.2 Å². The van der Waals surface area contributed by atoms with Crippen LogP contribution in [0.2, 0.25) is 0 Å². The molecule has 0 aromatic heterocycles. The van der Waals surface area contributed by atoms with Crippen molar-refractivity contribution in [1.29, 1.82) is 0 Å². The van der Waals surface area contributed by atoms with E-state index in [9.17, 15) is 4.79 Å². The second-order valence-corrected chi connectivity index (χ2v) is 12.7. The van der Waals surface area contributed by atoms with E-state index in [2.05, 4.69) is 90.4 Å². The lowest BCUT2D eigenvalue weighted by atomic mass is 10.1. The van der Waals surface area contributed by atoms with Crippen LogP contribution in [0.15, 0.2) is 126 Å². The van der Waals surface area contributed by atoms with Crippen molar-refractivity contribution in [2.45, 2.75) is 20.3 Å². The SMILES string of the molecule is CCCSC=C(NC(=O)c1ccc(C)cc1)[P+](c1ccccc1)(c1ccccc1)c1ccccc1.[I-]. The van der Waals surface area contributed by atoms with Crippen molar-refractivity contribution in [1.82, 2.24) is 5.32 Å². The minimum atomic E-state index is -2.38. The molecule has 0 bridgehead atoms. The van der Waals surface area contributed by atoms with Gasteiger partial charge in [0.25, 0.3) is 5.91 Å². The van der Waals surface area contributed by atoms with Crippen molar-refractivity contribution in [3.8, 4) is 0 Å². The number of hydrogen-bond donors (Lipinski definition) is 1. The second kappa shape index (κ2) is 13.8. The minimum Gasteiger partial charge on any atom is -1.00 e. The molecule has 0 radical (unpaired) electrons. The summed E-state index contributed by atoms with van der Waals surface area (Å²) < 4.78 is 0. The van der Waals surface area contributed by atoms with Crippen molar-refractivity contribution in [3.05, 3.63) is 137 Å². The highest BCUT2D eigenvalue weighted by molar-refractivity contribution is 8.04. The highest BCUT2D eigenvalue weighted by atomic mass is 127. The molecule has 1 amide bonds. The van der Waals surface area contributed by atoms with Gasteiger partial charge in [0.1, 0.15) is 15.9 Å². The number of nitrogens with one attached hydrogen (secondary N) is 1. The number of aryl methyl sites for hydroxylation is 1. The van der Waals surface area contributed by atoms with Gasteiger partial charge in [0, 0.05) is 11.0 Å². The van der Waals surface area contributed by atoms with Crippen LogP contribution in [-0.4, -0.2) is 11.7 Å². The van der Waals surface area contributed by atoms with Gasteiger partial charge in [-0.05, 0) is 67.6 Å². The summed E-state index contributed by atoms with van der Waals surface area (Å²) in [6.45, 7) is 4.21. The molecule has 0 saturated carbocycles. The highest BCUT2D eigenvalue weighted by Gasteiger charge is 2.50. The summed E-state index contributed by atoms with van der Waals surface area (Å²) in [5, 5.41) is 9.23. The Balaban J connectivity index is 0.00000361. The van der Waals surface area contributed by atoms with E-state index in [-0.39, 0.29) is 29.9 Å². The van der Waals surface area contributed by atoms with Gasteiger partial charge < -0.3 is 24.0 Å². The largest absolute Gasteiger partial charge is 1.00 e. The lowest BCUT2D eigenvalue weighted by Crippen LogP contribution is -3.00. The predicted octanol–water partition coefficient (Wildman–Crippen LogP) is 3.67. The Morgan fingerprint density at radius 2 is 1.19 bits per heavy atom. The van der Waals surface area contributed by atoms with Gasteiger partial charge in [-0.1, -0.05) is 79.2 Å². The third-order valence-electron chi connectivity index (χ3n) is 5.86. The lowest BCUT2D eigenvalue weighted by Gasteiger charge is -2.29. The highest BCUT2D eigenvalue weighted by Crippen LogP contribution is 2.61. The molecule has 0 heterocycles. The van der Waals surface area contributed by atoms with Gasteiger partial charge in [-0.2, -0.15) is 0 Å². The van der Waals surface area contributed by atoms with Crippen LogP contribution in [0.3, 0.4) is 0 Å². The number of amides is 1. The molecular weight excluding hydrogens is 592 g/mol. The van der Waals surface area contributed by atoms with Crippen molar-refractivity contribution in [2.75, 3.05) is 5.75 Å². The van der Waals surface area contributed by atoms with E-state index >= 15 is 0 Å². The molecule has 0 fully saturated rings. The van der Waals surface area contributed by atoms with Crippen LogP contribution in [0.1, 0.15) is 29.3 Å². The summed E-state index contributed by atoms with van der Waals surface area (Å²) in [7, 11) is -2.38. The van der Waals surface area contributed by atoms with Gasteiger partial charge in [-0.3, -0.25) is 10.1 Å². The number of thioether (sulfide) groups is 1. The first kappa shape index (κ1) is 28.2. The molecule has 0 aliphatic rings. The van der Waals surface area contributed by atoms with Gasteiger partial charge in [0.15, 0.2) is 12.7 Å². The monoisotopic (exact) mass is 623 g/mol. The van der Waals surface area contributed by atoms with E-state index in [0.717, 1.165) is 23.2 Å². The topological polar surface area (TPSA) is 29.1 Å². The van der Waals surface area contributed by atoms with Crippen LogP contribution in [-0.2, 0) is 0 Å². The van der Waals surface area contributed by atoms with E-state index in [1.54, 1.807) is 11.8 Å². The first-order valence-electron chi connectivity index (χ1n) is 11.9. The maximum absolute atomic E-state index is 13.6. The zero-order chi connectivity index (χ0) is 24.5. The lowest BCUT2D eigenvalue weighted by molar-refractivity contribution is -0.0000152. The van der Waals surface area contributed by atoms with Crippen molar-refractivity contribution in [3.63, 3.8) is 0 Å². The molecule has 1 N–H and O–H groups in total. The maximum atomic E-state index is 13.6. The zero-order valence-electron chi connectivity index (χ0n) is 20.6. The molecule has 4 rings (SSSR count). The van der Waals surface area contributed by atoms with E-state index in [1.807, 2.05) is 49.4 Å². The predicted molar refractivity (Wildman–Crippen MR) is 155 cm³/mol. The average Bonchev–Trinajstić information content (AvgIpc) is 2.91. The molecule has 36 heavy (non-hydrogen) atoms. The Morgan fingerprint density at radius 3 is 1.61 bits per heavy atom. The Bertz CT molecular complexity index is 1170. The Labute approximate surface area is 237 Å². The Hall–Kier alpha value is -2.40. The van der Waals surface area contributed by atoms with Crippen LogP contribution in [0.25, 0.3) is 0 Å². The molecule has 184 valence electrons. The van der Waals surface area contributed by atoms with Gasteiger partial charge in [0.2, 0.25) is 0 Å². The number of carbonyl (C=O) groups excluding carboxylic acids is 1. The van der Waals surface area contributed by atoms with Crippen LogP contribution >= 0.6 is 19.0 Å². The standard InChI is InChI=1S/C31H30NOPS.HI/c1-3-23-35-24-30(32-31(33)26-21-19-25(2)20-22-26)34(27-13-7-4-8-14-27,28-15-9-5-10-16-28)29-17-11-6-12-18-29;/h4-22,24H,3,23H2,1-2H3;1H. The fourth-order valence-corrected chi connectivity index (χ4v) is 9.44. The molecule has 4 aromatic carbocycles. The van der Waals surface area contributed by atoms with Gasteiger partial charge >= 0.3 is 0 Å². The van der Waals surface area contributed by atoms with E-state index in [4.69, 9.17) is 0 Å². The van der Waals surface area contributed by atoms with Crippen molar-refractivity contribution >= 4 is 40.8 Å². The second-order valence-electron chi connectivity index (χ2n) is 8.37. The molecule has 0 saturated heterocycles. The summed E-state index contributed by atoms with van der Waals surface area (Å²) in [5.41, 5.74) is 2.76. The molecule has 5 heteroatoms. The fraction of sp³-hybridized carbons (Fsp3) is 0.129. The number of hydrogen-bond acceptors (Lipinski definition) is 2. The fourth-order valence-electron chi connectivity index (χ4n) is 4.16. The Morgan fingerprint density at radius 1 is 0.750 bits per heavy atom. The molecular formula is C31H31INOPS. The van der Waals surface area contributed by atoms with Crippen LogP contribution in [0, 0.1) is 6.92 Å². The molecule has 0 spiro atoms. The molecule has 2 nitrogen and oxygen atoms in total. The zero-order valence-corrected chi connectivity index (χ0v) is 24.5. The van der Waals surface area contributed by atoms with E-state index < -0.39 is 7.26 Å². The average molecular weight is 624 g/mol. The minimum absolute atomic E-state index is 0. The summed E-state index contributed by atoms with van der Waals surface area (Å²) >= 11 is 1.76. The summed E-state index contributed by atoms with van der Waals surface area (Å²) in [6, 6.07) is 39.7. The van der Waals surface area contributed by atoms with Gasteiger partial charge in [-0.25, -0.2) is 0 Å². The smallest absolute Gasteiger partial charge is 0.258 e. The van der Waals surface area contributed by atoms with E-state index in [0.29, 0.717) is 5.56 Å². The molecule has 0 unspecified atom stereocenters. The summed E-state index contributed by atoms with van der Waals surface area (Å²) in [6.07, 6.45) is 1.06.